The van der Waals surface area contributed by atoms with Crippen LogP contribution in [0.25, 0.3) is 0 Å². The standard InChI is InChI=1S/C13H27N3O4.C5H6N2O/c1-7-9-16(10-8-2)13(19-11(17)14(3)4)20-12(18)15(5)6;6-5-4(8)2-1-3-7-5/h13H,7-10H2,1-6H3;1-3,8H,(H2,6,7). The lowest BCUT2D eigenvalue weighted by Crippen LogP contribution is -2.46. The lowest BCUT2D eigenvalue weighted by atomic mass is 10.4. The van der Waals surface area contributed by atoms with Gasteiger partial charge in [0.15, 0.2) is 11.6 Å². The molecule has 1 aromatic rings. The van der Waals surface area contributed by atoms with Crippen molar-refractivity contribution < 1.29 is 24.2 Å². The minimum atomic E-state index is -1.00. The van der Waals surface area contributed by atoms with E-state index in [0.717, 1.165) is 12.8 Å². The molecule has 10 nitrogen and oxygen atoms in total. The molecule has 0 aromatic carbocycles. The van der Waals surface area contributed by atoms with Crippen LogP contribution in [0.1, 0.15) is 26.7 Å². The first-order valence-electron chi connectivity index (χ1n) is 9.03. The fourth-order valence-corrected chi connectivity index (χ4v) is 1.86. The summed E-state index contributed by atoms with van der Waals surface area (Å²) >= 11 is 0. The molecule has 0 saturated carbocycles. The first kappa shape index (κ1) is 25.2. The molecule has 0 spiro atoms. The Morgan fingerprint density at radius 2 is 1.54 bits per heavy atom. The number of carbonyl (C=O) groups is 2. The average Bonchev–Trinajstić information content (AvgIpc) is 2.63. The molecule has 0 bridgehead atoms. The molecule has 0 unspecified atom stereocenters. The monoisotopic (exact) mass is 399 g/mol. The number of nitrogens with zero attached hydrogens (tertiary/aromatic N) is 4. The molecule has 0 saturated heterocycles. The Labute approximate surface area is 166 Å². The molecule has 2 amide bonds. The molecule has 0 fully saturated rings. The fraction of sp³-hybridized carbons (Fsp3) is 0.611. The van der Waals surface area contributed by atoms with Crippen molar-refractivity contribution in [1.82, 2.24) is 19.7 Å². The van der Waals surface area contributed by atoms with Gasteiger partial charge in [0.05, 0.1) is 0 Å². The number of rotatable bonds is 7. The molecular formula is C18H33N5O5. The lowest BCUT2D eigenvalue weighted by Gasteiger charge is -2.31. The fourth-order valence-electron chi connectivity index (χ4n) is 1.86. The van der Waals surface area contributed by atoms with Gasteiger partial charge in [0, 0.05) is 47.5 Å². The summed E-state index contributed by atoms with van der Waals surface area (Å²) in [6, 6.07) is 3.11. The number of anilines is 1. The van der Waals surface area contributed by atoms with E-state index >= 15 is 0 Å². The largest absolute Gasteiger partial charge is 0.504 e. The van der Waals surface area contributed by atoms with Gasteiger partial charge in [0.1, 0.15) is 0 Å². The highest BCUT2D eigenvalue weighted by molar-refractivity contribution is 5.68. The predicted molar refractivity (Wildman–Crippen MR) is 107 cm³/mol. The summed E-state index contributed by atoms with van der Waals surface area (Å²) in [6.07, 6.45) is 1.18. The summed E-state index contributed by atoms with van der Waals surface area (Å²) in [7, 11) is 6.32. The molecular weight excluding hydrogens is 366 g/mol. The lowest BCUT2D eigenvalue weighted by molar-refractivity contribution is -0.166. The maximum atomic E-state index is 11.7. The zero-order valence-corrected chi connectivity index (χ0v) is 17.6. The zero-order valence-electron chi connectivity index (χ0n) is 17.6. The van der Waals surface area contributed by atoms with E-state index in [-0.39, 0.29) is 11.6 Å². The molecule has 28 heavy (non-hydrogen) atoms. The summed E-state index contributed by atoms with van der Waals surface area (Å²) < 4.78 is 10.5. The first-order valence-corrected chi connectivity index (χ1v) is 9.03. The van der Waals surface area contributed by atoms with Crippen LogP contribution in [0.5, 0.6) is 5.75 Å². The highest BCUT2D eigenvalue weighted by Crippen LogP contribution is 2.12. The van der Waals surface area contributed by atoms with E-state index < -0.39 is 18.6 Å². The number of aromatic hydroxyl groups is 1. The number of nitrogens with two attached hydrogens (primary N) is 1. The Morgan fingerprint density at radius 1 is 1.07 bits per heavy atom. The number of ether oxygens (including phenoxy) is 2. The van der Waals surface area contributed by atoms with Gasteiger partial charge in [0.2, 0.25) is 0 Å². The Balaban J connectivity index is 0.000000749. The molecule has 1 rings (SSSR count). The number of carbonyl (C=O) groups excluding carboxylic acids is 2. The Kier molecular flexibility index (Phi) is 12.1. The van der Waals surface area contributed by atoms with Crippen LogP contribution in [0.4, 0.5) is 15.4 Å². The van der Waals surface area contributed by atoms with Gasteiger partial charge >= 0.3 is 18.6 Å². The number of amides is 2. The molecule has 10 heteroatoms. The number of hydrogen-bond donors (Lipinski definition) is 2. The summed E-state index contributed by atoms with van der Waals surface area (Å²) in [5.74, 6) is 0.208. The van der Waals surface area contributed by atoms with Crippen LogP contribution in [0.2, 0.25) is 0 Å². The van der Waals surface area contributed by atoms with Crippen LogP contribution in [0, 0.1) is 0 Å². The predicted octanol–water partition coefficient (Wildman–Crippen LogP) is 2.16. The first-order chi connectivity index (χ1) is 13.1. The number of pyridine rings is 1. The minimum absolute atomic E-state index is 0.0347. The second kappa shape index (κ2) is 13.4. The summed E-state index contributed by atoms with van der Waals surface area (Å²) in [5, 5.41) is 8.73. The average molecular weight is 399 g/mol. The van der Waals surface area contributed by atoms with E-state index in [9.17, 15) is 9.59 Å². The van der Waals surface area contributed by atoms with Gasteiger partial charge in [-0.2, -0.15) is 0 Å². The van der Waals surface area contributed by atoms with Crippen molar-refractivity contribution in [1.29, 1.82) is 0 Å². The van der Waals surface area contributed by atoms with E-state index in [0.29, 0.717) is 13.1 Å². The normalized spacial score (nSPS) is 10.1. The number of nitrogen functional groups attached to an aromatic ring is 1. The third-order valence-corrected chi connectivity index (χ3v) is 3.27. The van der Waals surface area contributed by atoms with Crippen molar-refractivity contribution in [3.63, 3.8) is 0 Å². The molecule has 1 aromatic heterocycles. The van der Waals surface area contributed by atoms with Gasteiger partial charge < -0.3 is 30.1 Å². The van der Waals surface area contributed by atoms with Crippen LogP contribution in [0.3, 0.4) is 0 Å². The minimum Gasteiger partial charge on any atom is -0.504 e. The SMILES string of the molecule is CCCN(CCC)C(OC(=O)N(C)C)OC(=O)N(C)C.Nc1ncccc1O. The maximum Gasteiger partial charge on any atom is 0.413 e. The van der Waals surface area contributed by atoms with Crippen LogP contribution in [-0.2, 0) is 9.47 Å². The quantitative estimate of drug-likeness (QED) is 0.669. The van der Waals surface area contributed by atoms with Crippen LogP contribution < -0.4 is 5.73 Å². The van der Waals surface area contributed by atoms with Crippen molar-refractivity contribution in [3.05, 3.63) is 18.3 Å². The van der Waals surface area contributed by atoms with Gasteiger partial charge in [-0.25, -0.2) is 19.5 Å². The molecule has 160 valence electrons. The summed E-state index contributed by atoms with van der Waals surface area (Å²) in [5.41, 5.74) is 5.16. The summed E-state index contributed by atoms with van der Waals surface area (Å²) in [6.45, 7) is 5.39. The highest BCUT2D eigenvalue weighted by atomic mass is 16.7. The molecule has 0 radical (unpaired) electrons. The van der Waals surface area contributed by atoms with Crippen molar-refractivity contribution >= 4 is 18.0 Å². The van der Waals surface area contributed by atoms with Crippen molar-refractivity contribution in [2.24, 2.45) is 0 Å². The Morgan fingerprint density at radius 3 is 1.82 bits per heavy atom. The van der Waals surface area contributed by atoms with Gasteiger partial charge in [-0.05, 0) is 25.0 Å². The smallest absolute Gasteiger partial charge is 0.413 e. The summed E-state index contributed by atoms with van der Waals surface area (Å²) in [4.78, 5) is 31.4. The van der Waals surface area contributed by atoms with E-state index in [1.807, 2.05) is 18.7 Å². The van der Waals surface area contributed by atoms with Gasteiger partial charge in [-0.3, -0.25) is 0 Å². The van der Waals surface area contributed by atoms with Gasteiger partial charge in [-0.15, -0.1) is 0 Å². The van der Waals surface area contributed by atoms with Crippen molar-refractivity contribution in [2.75, 3.05) is 47.0 Å². The third kappa shape index (κ3) is 9.81. The Bertz CT molecular complexity index is 548. The molecule has 0 aliphatic heterocycles. The van der Waals surface area contributed by atoms with Crippen LogP contribution in [-0.4, -0.2) is 84.7 Å². The maximum absolute atomic E-state index is 11.7. The van der Waals surface area contributed by atoms with Crippen molar-refractivity contribution in [3.8, 4) is 5.75 Å². The topological polar surface area (TPSA) is 121 Å². The highest BCUT2D eigenvalue weighted by Gasteiger charge is 2.26. The van der Waals surface area contributed by atoms with Gasteiger partial charge in [0.25, 0.3) is 0 Å². The van der Waals surface area contributed by atoms with Gasteiger partial charge in [-0.1, -0.05) is 13.8 Å². The van der Waals surface area contributed by atoms with E-state index in [2.05, 4.69) is 4.98 Å². The Hall–Kier alpha value is -2.75. The third-order valence-electron chi connectivity index (χ3n) is 3.27. The van der Waals surface area contributed by atoms with Crippen molar-refractivity contribution in [2.45, 2.75) is 33.1 Å². The molecule has 0 aliphatic carbocycles. The van der Waals surface area contributed by atoms with Crippen LogP contribution in [0.15, 0.2) is 18.3 Å². The number of aromatic nitrogens is 1. The van der Waals surface area contributed by atoms with E-state index in [4.69, 9.17) is 20.3 Å². The molecule has 0 aliphatic rings. The molecule has 1 heterocycles. The second-order valence-electron chi connectivity index (χ2n) is 6.31. The molecule has 3 N–H and O–H groups in total. The van der Waals surface area contributed by atoms with Crippen LogP contribution >= 0.6 is 0 Å². The second-order valence-corrected chi connectivity index (χ2v) is 6.31. The zero-order chi connectivity index (χ0) is 21.7. The van der Waals surface area contributed by atoms with E-state index in [1.54, 1.807) is 34.3 Å². The number of hydrogen-bond acceptors (Lipinski definition) is 8. The van der Waals surface area contributed by atoms with E-state index in [1.165, 1.54) is 22.1 Å². The molecule has 0 atom stereocenters.